The van der Waals surface area contributed by atoms with E-state index >= 15 is 0 Å². The minimum absolute atomic E-state index is 0.192. The summed E-state index contributed by atoms with van der Waals surface area (Å²) in [5.41, 5.74) is 1.44. The molecule has 2 aliphatic heterocycles. The van der Waals surface area contributed by atoms with E-state index in [1.165, 1.54) is 12.1 Å². The van der Waals surface area contributed by atoms with Crippen LogP contribution in [0.15, 0.2) is 47.4 Å². The SMILES string of the molecule is CC1CCN(S(=O)(=O)c2ccc(C(=O)NCCN3CCN(c4nc5ccc(Cl)cc5s4)CC3)cc2)CC1. The summed E-state index contributed by atoms with van der Waals surface area (Å²) in [6.45, 7) is 8.10. The Hall–Kier alpha value is -2.24. The summed E-state index contributed by atoms with van der Waals surface area (Å²) < 4.78 is 28.5. The quantitative estimate of drug-likeness (QED) is 0.470. The normalized spacial score (nSPS) is 18.4. The predicted octanol–water partition coefficient (Wildman–Crippen LogP) is 3.92. The Labute approximate surface area is 227 Å². The lowest BCUT2D eigenvalue weighted by atomic mass is 10.0. The number of carbonyl (C=O) groups excluding carboxylic acids is 1. The molecule has 3 heterocycles. The Morgan fingerprint density at radius 1 is 1.05 bits per heavy atom. The van der Waals surface area contributed by atoms with E-state index in [2.05, 4.69) is 22.0 Å². The summed E-state index contributed by atoms with van der Waals surface area (Å²) in [5.74, 6) is 0.363. The molecular formula is C26H32ClN5O3S2. The van der Waals surface area contributed by atoms with Gasteiger partial charge < -0.3 is 10.2 Å². The van der Waals surface area contributed by atoms with Crippen LogP contribution in [0.5, 0.6) is 0 Å². The fourth-order valence-electron chi connectivity index (χ4n) is 4.77. The third-order valence-electron chi connectivity index (χ3n) is 7.19. The highest BCUT2D eigenvalue weighted by atomic mass is 35.5. The minimum Gasteiger partial charge on any atom is -0.351 e. The number of sulfonamides is 1. The van der Waals surface area contributed by atoms with Crippen molar-refractivity contribution in [2.45, 2.75) is 24.7 Å². The molecule has 2 fully saturated rings. The molecule has 37 heavy (non-hydrogen) atoms. The maximum Gasteiger partial charge on any atom is 0.251 e. The van der Waals surface area contributed by atoms with Gasteiger partial charge >= 0.3 is 0 Å². The van der Waals surface area contributed by atoms with Gasteiger partial charge in [0.05, 0.1) is 15.1 Å². The van der Waals surface area contributed by atoms with Crippen molar-refractivity contribution in [3.05, 3.63) is 53.1 Å². The molecule has 0 radical (unpaired) electrons. The molecule has 11 heteroatoms. The van der Waals surface area contributed by atoms with E-state index in [1.54, 1.807) is 27.8 Å². The zero-order valence-corrected chi connectivity index (χ0v) is 23.3. The second kappa shape index (κ2) is 11.2. The Bertz CT molecular complexity index is 1350. The molecule has 8 nitrogen and oxygen atoms in total. The first kappa shape index (κ1) is 26.4. The van der Waals surface area contributed by atoms with Gasteiger partial charge in [-0.2, -0.15) is 4.31 Å². The average Bonchev–Trinajstić information content (AvgIpc) is 3.32. The maximum atomic E-state index is 12.9. The molecular weight excluding hydrogens is 530 g/mol. The van der Waals surface area contributed by atoms with Crippen molar-refractivity contribution in [3.8, 4) is 0 Å². The Morgan fingerprint density at radius 3 is 2.46 bits per heavy atom. The lowest BCUT2D eigenvalue weighted by Gasteiger charge is -2.34. The number of anilines is 1. The van der Waals surface area contributed by atoms with Crippen molar-refractivity contribution in [1.29, 1.82) is 0 Å². The minimum atomic E-state index is -3.51. The summed E-state index contributed by atoms with van der Waals surface area (Å²) >= 11 is 7.77. The van der Waals surface area contributed by atoms with Crippen molar-refractivity contribution < 1.29 is 13.2 Å². The zero-order valence-electron chi connectivity index (χ0n) is 20.9. The Balaban J connectivity index is 1.07. The first-order chi connectivity index (χ1) is 17.8. The van der Waals surface area contributed by atoms with Crippen LogP contribution in [0.2, 0.25) is 5.02 Å². The largest absolute Gasteiger partial charge is 0.351 e. The fraction of sp³-hybridized carbons (Fsp3) is 0.462. The summed E-state index contributed by atoms with van der Waals surface area (Å²) in [5, 5.41) is 4.71. The smallest absolute Gasteiger partial charge is 0.251 e. The van der Waals surface area contributed by atoms with Crippen molar-refractivity contribution >= 4 is 54.2 Å². The van der Waals surface area contributed by atoms with Crippen LogP contribution in [0.4, 0.5) is 5.13 Å². The van der Waals surface area contributed by atoms with Gasteiger partial charge in [-0.05, 0) is 61.2 Å². The Kier molecular flexibility index (Phi) is 8.02. The van der Waals surface area contributed by atoms with Gasteiger partial charge in [-0.15, -0.1) is 0 Å². The number of nitrogens with zero attached hydrogens (tertiary/aromatic N) is 4. The highest BCUT2D eigenvalue weighted by molar-refractivity contribution is 7.89. The van der Waals surface area contributed by atoms with Crippen molar-refractivity contribution in [1.82, 2.24) is 19.5 Å². The van der Waals surface area contributed by atoms with Gasteiger partial charge in [-0.25, -0.2) is 13.4 Å². The molecule has 0 saturated carbocycles. The molecule has 0 bridgehead atoms. The number of fused-ring (bicyclic) bond motifs is 1. The molecule has 5 rings (SSSR count). The number of rotatable bonds is 7. The number of hydrogen-bond donors (Lipinski definition) is 1. The highest BCUT2D eigenvalue weighted by Crippen LogP contribution is 2.31. The second-order valence-corrected chi connectivity index (χ2v) is 13.2. The van der Waals surface area contributed by atoms with E-state index in [1.807, 2.05) is 18.2 Å². The number of piperidine rings is 1. The van der Waals surface area contributed by atoms with Crippen LogP contribution >= 0.6 is 22.9 Å². The molecule has 0 aliphatic carbocycles. The summed E-state index contributed by atoms with van der Waals surface area (Å²) in [4.78, 5) is 22.2. The van der Waals surface area contributed by atoms with Crippen molar-refractivity contribution in [2.75, 3.05) is 57.3 Å². The summed E-state index contributed by atoms with van der Waals surface area (Å²) in [7, 11) is -3.51. The van der Waals surface area contributed by atoms with Gasteiger partial charge in [0.2, 0.25) is 10.0 Å². The number of amides is 1. The third kappa shape index (κ3) is 6.09. The third-order valence-corrected chi connectivity index (χ3v) is 10.4. The van der Waals surface area contributed by atoms with E-state index in [9.17, 15) is 13.2 Å². The van der Waals surface area contributed by atoms with Crippen LogP contribution in [0.25, 0.3) is 10.2 Å². The average molecular weight is 562 g/mol. The lowest BCUT2D eigenvalue weighted by molar-refractivity contribution is 0.0947. The molecule has 3 aromatic rings. The standard InChI is InChI=1S/C26H32ClN5O3S2/c1-19-8-11-32(12-9-19)37(34,35)22-5-2-20(3-6-22)25(33)28-10-13-30-14-16-31(17-15-30)26-29-23-7-4-21(27)18-24(23)36-26/h2-7,18-19H,8-17H2,1H3,(H,28,33). The highest BCUT2D eigenvalue weighted by Gasteiger charge is 2.28. The number of nitrogens with one attached hydrogen (secondary N) is 1. The molecule has 0 unspecified atom stereocenters. The molecule has 2 saturated heterocycles. The van der Waals surface area contributed by atoms with Gasteiger partial charge in [0.25, 0.3) is 5.91 Å². The van der Waals surface area contributed by atoms with Gasteiger partial charge in [0.15, 0.2) is 5.13 Å². The number of aromatic nitrogens is 1. The Morgan fingerprint density at radius 2 is 1.76 bits per heavy atom. The van der Waals surface area contributed by atoms with Crippen LogP contribution in [0.1, 0.15) is 30.1 Å². The van der Waals surface area contributed by atoms with E-state index in [0.29, 0.717) is 31.1 Å². The number of benzene rings is 2. The van der Waals surface area contributed by atoms with E-state index in [-0.39, 0.29) is 10.8 Å². The molecule has 2 aromatic carbocycles. The van der Waals surface area contributed by atoms with Gasteiger partial charge in [0, 0.05) is 62.9 Å². The summed E-state index contributed by atoms with van der Waals surface area (Å²) in [6, 6.07) is 12.1. The molecule has 1 N–H and O–H groups in total. The number of piperazine rings is 1. The number of halogens is 1. The lowest BCUT2D eigenvalue weighted by Crippen LogP contribution is -2.48. The van der Waals surface area contributed by atoms with E-state index < -0.39 is 10.0 Å². The fourth-order valence-corrected chi connectivity index (χ4v) is 7.53. The first-order valence-electron chi connectivity index (χ1n) is 12.7. The molecule has 1 aromatic heterocycles. The van der Waals surface area contributed by atoms with E-state index in [0.717, 1.165) is 65.9 Å². The maximum absolute atomic E-state index is 12.9. The van der Waals surface area contributed by atoms with Gasteiger partial charge in [-0.3, -0.25) is 9.69 Å². The molecule has 198 valence electrons. The zero-order chi connectivity index (χ0) is 26.0. The number of thiazole rings is 1. The summed E-state index contributed by atoms with van der Waals surface area (Å²) in [6.07, 6.45) is 1.76. The van der Waals surface area contributed by atoms with Crippen LogP contribution < -0.4 is 10.2 Å². The predicted molar refractivity (Wildman–Crippen MR) is 149 cm³/mol. The van der Waals surface area contributed by atoms with Crippen LogP contribution in [0.3, 0.4) is 0 Å². The molecule has 0 spiro atoms. The van der Waals surface area contributed by atoms with E-state index in [4.69, 9.17) is 16.6 Å². The second-order valence-electron chi connectivity index (χ2n) is 9.80. The van der Waals surface area contributed by atoms with Gasteiger partial charge in [-0.1, -0.05) is 29.9 Å². The van der Waals surface area contributed by atoms with Gasteiger partial charge in [0.1, 0.15) is 0 Å². The monoisotopic (exact) mass is 561 g/mol. The van der Waals surface area contributed by atoms with Crippen molar-refractivity contribution in [3.63, 3.8) is 0 Å². The van der Waals surface area contributed by atoms with Crippen LogP contribution in [0, 0.1) is 5.92 Å². The molecule has 0 atom stereocenters. The van der Waals surface area contributed by atoms with Crippen molar-refractivity contribution in [2.24, 2.45) is 5.92 Å². The van der Waals surface area contributed by atoms with Crippen LogP contribution in [-0.4, -0.2) is 80.9 Å². The number of hydrogen-bond acceptors (Lipinski definition) is 7. The molecule has 2 aliphatic rings. The molecule has 1 amide bonds. The van der Waals surface area contributed by atoms with Crippen LogP contribution in [-0.2, 0) is 10.0 Å². The topological polar surface area (TPSA) is 85.8 Å². The first-order valence-corrected chi connectivity index (χ1v) is 15.3. The number of carbonyl (C=O) groups is 1.